The first kappa shape index (κ1) is 16.6. The summed E-state index contributed by atoms with van der Waals surface area (Å²) in [6, 6.07) is 10.0. The van der Waals surface area contributed by atoms with Gasteiger partial charge in [0, 0.05) is 47.5 Å². The third-order valence-electron chi connectivity index (χ3n) is 5.10. The predicted octanol–water partition coefficient (Wildman–Crippen LogP) is 3.86. The highest BCUT2D eigenvalue weighted by molar-refractivity contribution is 5.76. The molecule has 6 nitrogen and oxygen atoms in total. The summed E-state index contributed by atoms with van der Waals surface area (Å²) in [4.78, 5) is 21.2. The molecule has 134 valence electrons. The van der Waals surface area contributed by atoms with Gasteiger partial charge in [0.15, 0.2) is 0 Å². The minimum atomic E-state index is -0.0320. The van der Waals surface area contributed by atoms with Crippen LogP contribution in [0.4, 0.5) is 17.3 Å². The molecular formula is C20H23N5O. The van der Waals surface area contributed by atoms with Gasteiger partial charge in [0.05, 0.1) is 0 Å². The van der Waals surface area contributed by atoms with E-state index in [4.69, 9.17) is 0 Å². The fraction of sp³-hybridized carbons (Fsp3) is 0.350. The second-order valence-corrected chi connectivity index (χ2v) is 6.94. The van der Waals surface area contributed by atoms with Crippen molar-refractivity contribution < 1.29 is 0 Å². The van der Waals surface area contributed by atoms with Crippen molar-refractivity contribution >= 4 is 28.4 Å². The van der Waals surface area contributed by atoms with Crippen LogP contribution in [0.1, 0.15) is 38.7 Å². The zero-order valence-corrected chi connectivity index (χ0v) is 15.3. The average Bonchev–Trinajstić information content (AvgIpc) is 2.92. The number of fused-ring (bicyclic) bond motifs is 2. The van der Waals surface area contributed by atoms with Gasteiger partial charge in [-0.3, -0.25) is 9.36 Å². The van der Waals surface area contributed by atoms with Crippen molar-refractivity contribution in [2.45, 2.75) is 45.7 Å². The van der Waals surface area contributed by atoms with Crippen molar-refractivity contribution in [3.05, 3.63) is 52.4 Å². The van der Waals surface area contributed by atoms with E-state index in [1.165, 1.54) is 11.3 Å². The maximum absolute atomic E-state index is 12.2. The number of hydrogen-bond donors (Lipinski definition) is 2. The molecule has 0 bridgehead atoms. The molecule has 0 spiro atoms. The molecule has 26 heavy (non-hydrogen) atoms. The molecule has 2 aromatic heterocycles. The zero-order chi connectivity index (χ0) is 18.3. The van der Waals surface area contributed by atoms with Crippen LogP contribution in [-0.2, 0) is 6.54 Å². The van der Waals surface area contributed by atoms with E-state index in [0.717, 1.165) is 17.5 Å². The van der Waals surface area contributed by atoms with Gasteiger partial charge in [-0.05, 0) is 43.2 Å². The van der Waals surface area contributed by atoms with Gasteiger partial charge in [-0.2, -0.15) is 4.98 Å². The molecule has 1 aliphatic heterocycles. The SMILES string of the molecule is CCCn1c(=O)ccc2cnc(Nc3ccc4c(c3)C(C)C(C)N4)nc21. The summed E-state index contributed by atoms with van der Waals surface area (Å²) in [5.74, 6) is 0.957. The van der Waals surface area contributed by atoms with Gasteiger partial charge >= 0.3 is 0 Å². The standard InChI is InChI=1S/C20H23N5O/c1-4-9-25-18(26)8-5-14-11-21-20(24-19(14)25)23-15-6-7-17-16(10-15)12(2)13(3)22-17/h5-8,10-13,22H,4,9H2,1-3H3,(H,21,23,24). The highest BCUT2D eigenvalue weighted by atomic mass is 16.1. The van der Waals surface area contributed by atoms with Crippen LogP contribution in [0.5, 0.6) is 0 Å². The first-order chi connectivity index (χ1) is 12.6. The van der Waals surface area contributed by atoms with Crippen LogP contribution >= 0.6 is 0 Å². The highest BCUT2D eigenvalue weighted by Gasteiger charge is 2.25. The molecule has 6 heteroatoms. The molecule has 0 saturated carbocycles. The van der Waals surface area contributed by atoms with Crippen LogP contribution in [0.25, 0.3) is 11.0 Å². The summed E-state index contributed by atoms with van der Waals surface area (Å²) in [7, 11) is 0. The van der Waals surface area contributed by atoms with Crippen molar-refractivity contribution in [3.63, 3.8) is 0 Å². The molecule has 0 fully saturated rings. The van der Waals surface area contributed by atoms with Crippen LogP contribution in [0.15, 0.2) is 41.3 Å². The minimum Gasteiger partial charge on any atom is -0.382 e. The molecule has 1 aromatic carbocycles. The van der Waals surface area contributed by atoms with Crippen LogP contribution in [0, 0.1) is 0 Å². The topological polar surface area (TPSA) is 71.8 Å². The van der Waals surface area contributed by atoms with E-state index in [2.05, 4.69) is 46.6 Å². The molecule has 3 aromatic rings. The molecule has 2 N–H and O–H groups in total. The van der Waals surface area contributed by atoms with Crippen LogP contribution in [-0.4, -0.2) is 20.6 Å². The van der Waals surface area contributed by atoms with E-state index >= 15 is 0 Å². The zero-order valence-electron chi connectivity index (χ0n) is 15.3. The van der Waals surface area contributed by atoms with Gasteiger partial charge < -0.3 is 10.6 Å². The van der Waals surface area contributed by atoms with Crippen molar-refractivity contribution in [1.29, 1.82) is 0 Å². The number of anilines is 3. The molecule has 1 aliphatic rings. The number of pyridine rings is 1. The Morgan fingerprint density at radius 2 is 2.08 bits per heavy atom. The third-order valence-corrected chi connectivity index (χ3v) is 5.10. The summed E-state index contributed by atoms with van der Waals surface area (Å²) in [5, 5.41) is 7.64. The number of aromatic nitrogens is 3. The molecule has 2 unspecified atom stereocenters. The van der Waals surface area contributed by atoms with Crippen LogP contribution in [0.2, 0.25) is 0 Å². The quantitative estimate of drug-likeness (QED) is 0.748. The fourth-order valence-electron chi connectivity index (χ4n) is 3.49. The van der Waals surface area contributed by atoms with Crippen molar-refractivity contribution in [3.8, 4) is 0 Å². The number of benzene rings is 1. The van der Waals surface area contributed by atoms with Gasteiger partial charge in [0.2, 0.25) is 5.95 Å². The molecular weight excluding hydrogens is 326 g/mol. The molecule has 0 aliphatic carbocycles. The normalized spacial score (nSPS) is 18.6. The molecule has 0 amide bonds. The molecule has 0 radical (unpaired) electrons. The maximum atomic E-state index is 12.2. The Bertz CT molecular complexity index is 1030. The monoisotopic (exact) mass is 349 g/mol. The molecule has 4 rings (SSSR count). The first-order valence-corrected chi connectivity index (χ1v) is 9.11. The molecule has 2 atom stereocenters. The Kier molecular flexibility index (Phi) is 4.11. The number of nitrogens with one attached hydrogen (secondary N) is 2. The number of aryl methyl sites for hydroxylation is 1. The Morgan fingerprint density at radius 1 is 1.23 bits per heavy atom. The minimum absolute atomic E-state index is 0.0320. The lowest BCUT2D eigenvalue weighted by molar-refractivity contribution is 0.671. The second-order valence-electron chi connectivity index (χ2n) is 6.94. The summed E-state index contributed by atoms with van der Waals surface area (Å²) in [6.45, 7) is 7.11. The van der Waals surface area contributed by atoms with Crippen molar-refractivity contribution in [2.24, 2.45) is 0 Å². The Balaban J connectivity index is 1.70. The summed E-state index contributed by atoms with van der Waals surface area (Å²) >= 11 is 0. The fourth-order valence-corrected chi connectivity index (χ4v) is 3.49. The molecule has 0 saturated heterocycles. The number of hydrogen-bond acceptors (Lipinski definition) is 5. The van der Waals surface area contributed by atoms with Crippen molar-refractivity contribution in [1.82, 2.24) is 14.5 Å². The highest BCUT2D eigenvalue weighted by Crippen LogP contribution is 2.37. The van der Waals surface area contributed by atoms with Gasteiger partial charge in [0.25, 0.3) is 5.56 Å². The van der Waals surface area contributed by atoms with E-state index in [0.29, 0.717) is 30.1 Å². The Hall–Kier alpha value is -2.89. The second kappa shape index (κ2) is 6.44. The van der Waals surface area contributed by atoms with Gasteiger partial charge in [-0.1, -0.05) is 13.8 Å². The summed E-state index contributed by atoms with van der Waals surface area (Å²) in [5.41, 5.74) is 4.07. The van der Waals surface area contributed by atoms with E-state index in [1.807, 2.05) is 13.0 Å². The lowest BCUT2D eigenvalue weighted by Crippen LogP contribution is -2.20. The lowest BCUT2D eigenvalue weighted by Gasteiger charge is -2.11. The Morgan fingerprint density at radius 3 is 2.88 bits per heavy atom. The van der Waals surface area contributed by atoms with E-state index < -0.39 is 0 Å². The Labute approximate surface area is 152 Å². The van der Waals surface area contributed by atoms with E-state index in [9.17, 15) is 4.79 Å². The lowest BCUT2D eigenvalue weighted by atomic mass is 9.98. The smallest absolute Gasteiger partial charge is 0.252 e. The van der Waals surface area contributed by atoms with E-state index in [1.54, 1.807) is 22.9 Å². The van der Waals surface area contributed by atoms with E-state index in [-0.39, 0.29) is 5.56 Å². The van der Waals surface area contributed by atoms with Gasteiger partial charge in [0.1, 0.15) is 5.65 Å². The predicted molar refractivity (Wildman–Crippen MR) is 105 cm³/mol. The average molecular weight is 349 g/mol. The largest absolute Gasteiger partial charge is 0.382 e. The van der Waals surface area contributed by atoms with Crippen LogP contribution in [0.3, 0.4) is 0 Å². The first-order valence-electron chi connectivity index (χ1n) is 9.11. The van der Waals surface area contributed by atoms with Gasteiger partial charge in [-0.15, -0.1) is 0 Å². The summed E-state index contributed by atoms with van der Waals surface area (Å²) < 4.78 is 1.71. The van der Waals surface area contributed by atoms with Gasteiger partial charge in [-0.25, -0.2) is 4.98 Å². The number of nitrogens with zero attached hydrogens (tertiary/aromatic N) is 3. The third kappa shape index (κ3) is 2.81. The molecule has 3 heterocycles. The number of rotatable bonds is 4. The van der Waals surface area contributed by atoms with Crippen molar-refractivity contribution in [2.75, 3.05) is 10.6 Å². The van der Waals surface area contributed by atoms with Crippen LogP contribution < -0.4 is 16.2 Å². The summed E-state index contributed by atoms with van der Waals surface area (Å²) in [6.07, 6.45) is 2.63. The maximum Gasteiger partial charge on any atom is 0.252 e.